The predicted molar refractivity (Wildman–Crippen MR) is 112 cm³/mol. The van der Waals surface area contributed by atoms with Crippen LogP contribution in [0.15, 0.2) is 70.4 Å². The number of hydrogen-bond acceptors (Lipinski definition) is 2. The van der Waals surface area contributed by atoms with Gasteiger partial charge in [0, 0.05) is 28.1 Å². The van der Waals surface area contributed by atoms with Crippen LogP contribution in [0, 0.1) is 0 Å². The van der Waals surface area contributed by atoms with Crippen LogP contribution < -0.4 is 4.90 Å². The van der Waals surface area contributed by atoms with Gasteiger partial charge in [0.05, 0.1) is 23.2 Å². The third-order valence-corrected chi connectivity index (χ3v) is 5.32. The Kier molecular flexibility index (Phi) is 5.77. The summed E-state index contributed by atoms with van der Waals surface area (Å²) >= 11 is 3.18. The van der Waals surface area contributed by atoms with E-state index in [1.165, 1.54) is 23.4 Å². The second-order valence-electron chi connectivity index (χ2n) is 7.14. The summed E-state index contributed by atoms with van der Waals surface area (Å²) in [6, 6.07) is 9.30. The molecule has 0 fully saturated rings. The van der Waals surface area contributed by atoms with Gasteiger partial charge in [0.15, 0.2) is 0 Å². The van der Waals surface area contributed by atoms with Gasteiger partial charge in [-0.05, 0) is 45.8 Å². The Morgan fingerprint density at radius 2 is 1.58 bits per heavy atom. The zero-order valence-corrected chi connectivity index (χ0v) is 18.0. The number of aliphatic imine (C=N–C) groups is 1. The number of nitrogens with zero attached hydrogens (tertiary/aromatic N) is 3. The number of pyridine rings is 1. The fraction of sp³-hybridized carbons (Fsp3) is 0.136. The minimum atomic E-state index is -5.00. The lowest BCUT2D eigenvalue weighted by molar-refractivity contribution is -0.143. The fourth-order valence-electron chi connectivity index (χ4n) is 3.38. The maximum absolute atomic E-state index is 13.4. The summed E-state index contributed by atoms with van der Waals surface area (Å²) < 4.78 is 80.7. The summed E-state index contributed by atoms with van der Waals surface area (Å²) in [4.78, 5) is 21.9. The second kappa shape index (κ2) is 8.29. The molecular weight excluding hydrogens is 516 g/mol. The SMILES string of the molecule is O=C(N=C1c2ccccc2CN1c1cc(C(F)(F)F)cc(C(F)(F)F)c1)c1cncc(Br)c1. The standard InChI is InChI=1S/C22H12BrF6N3O/c23-16-5-13(9-30-10-16)20(33)31-19-18-4-2-1-3-12(18)11-32(19)17-7-14(21(24,25)26)6-15(8-17)22(27,28)29/h1-10H,11H2. The molecule has 4 nitrogen and oxygen atoms in total. The van der Waals surface area contributed by atoms with Gasteiger partial charge in [0.1, 0.15) is 5.84 Å². The molecule has 0 aliphatic carbocycles. The van der Waals surface area contributed by atoms with Crippen molar-refractivity contribution in [2.75, 3.05) is 4.90 Å². The van der Waals surface area contributed by atoms with E-state index in [2.05, 4.69) is 25.9 Å². The fourth-order valence-corrected chi connectivity index (χ4v) is 3.75. The molecule has 0 N–H and O–H groups in total. The lowest BCUT2D eigenvalue weighted by atomic mass is 10.1. The molecule has 1 amide bonds. The third kappa shape index (κ3) is 4.77. The Hall–Kier alpha value is -3.21. The molecule has 170 valence electrons. The Bertz CT molecular complexity index is 1240. The predicted octanol–water partition coefficient (Wildman–Crippen LogP) is 6.49. The van der Waals surface area contributed by atoms with Gasteiger partial charge in [-0.2, -0.15) is 31.3 Å². The molecule has 2 heterocycles. The Morgan fingerprint density at radius 1 is 0.939 bits per heavy atom. The molecular formula is C22H12BrF6N3O. The molecule has 1 aromatic heterocycles. The number of rotatable bonds is 2. The number of aromatic nitrogens is 1. The van der Waals surface area contributed by atoms with Crippen molar-refractivity contribution in [3.63, 3.8) is 0 Å². The van der Waals surface area contributed by atoms with Gasteiger partial charge >= 0.3 is 12.4 Å². The molecule has 0 bridgehead atoms. The molecule has 0 atom stereocenters. The van der Waals surface area contributed by atoms with E-state index in [4.69, 9.17) is 0 Å². The summed E-state index contributed by atoms with van der Waals surface area (Å²) in [7, 11) is 0. The van der Waals surface area contributed by atoms with E-state index in [0.29, 0.717) is 27.7 Å². The number of carbonyl (C=O) groups excluding carboxylic acids is 1. The Morgan fingerprint density at radius 3 is 2.18 bits per heavy atom. The molecule has 33 heavy (non-hydrogen) atoms. The molecule has 2 aromatic carbocycles. The van der Waals surface area contributed by atoms with Crippen LogP contribution in [-0.2, 0) is 18.9 Å². The van der Waals surface area contributed by atoms with Gasteiger partial charge in [0.25, 0.3) is 5.91 Å². The maximum atomic E-state index is 13.4. The molecule has 0 saturated heterocycles. The summed E-state index contributed by atoms with van der Waals surface area (Å²) in [5, 5.41) is 0. The van der Waals surface area contributed by atoms with E-state index in [1.807, 2.05) is 0 Å². The van der Waals surface area contributed by atoms with Crippen LogP contribution in [0.25, 0.3) is 0 Å². The van der Waals surface area contributed by atoms with Crippen LogP contribution in [0.1, 0.15) is 32.6 Å². The van der Waals surface area contributed by atoms with E-state index < -0.39 is 29.4 Å². The van der Waals surface area contributed by atoms with Crippen molar-refractivity contribution in [2.24, 2.45) is 4.99 Å². The number of carbonyl (C=O) groups is 1. The van der Waals surface area contributed by atoms with Crippen molar-refractivity contribution in [3.8, 4) is 0 Å². The van der Waals surface area contributed by atoms with E-state index >= 15 is 0 Å². The maximum Gasteiger partial charge on any atom is 0.416 e. The van der Waals surface area contributed by atoms with Crippen LogP contribution in [0.2, 0.25) is 0 Å². The number of anilines is 1. The van der Waals surface area contributed by atoms with Gasteiger partial charge in [-0.15, -0.1) is 0 Å². The van der Waals surface area contributed by atoms with Crippen LogP contribution in [0.5, 0.6) is 0 Å². The molecule has 0 saturated carbocycles. The highest BCUT2D eigenvalue weighted by atomic mass is 79.9. The largest absolute Gasteiger partial charge is 0.416 e. The zero-order chi connectivity index (χ0) is 24.0. The van der Waals surface area contributed by atoms with E-state index in [0.717, 1.165) is 0 Å². The number of amidine groups is 1. The summed E-state index contributed by atoms with van der Waals surface area (Å²) in [6.45, 7) is -0.0579. The zero-order valence-electron chi connectivity index (χ0n) is 16.4. The van der Waals surface area contributed by atoms with Gasteiger partial charge < -0.3 is 4.90 Å². The number of amides is 1. The minimum Gasteiger partial charge on any atom is -0.321 e. The van der Waals surface area contributed by atoms with E-state index in [-0.39, 0.29) is 29.7 Å². The van der Waals surface area contributed by atoms with Crippen molar-refractivity contribution in [1.82, 2.24) is 4.98 Å². The first-order valence-electron chi connectivity index (χ1n) is 9.32. The summed E-state index contributed by atoms with van der Waals surface area (Å²) in [5.74, 6) is -0.799. The lowest BCUT2D eigenvalue weighted by Crippen LogP contribution is -2.26. The molecule has 0 radical (unpaired) electrons. The Balaban J connectivity index is 1.87. The van der Waals surface area contributed by atoms with Crippen molar-refractivity contribution in [3.05, 3.63) is 93.2 Å². The summed E-state index contributed by atoms with van der Waals surface area (Å²) in [6.07, 6.45) is -7.30. The first kappa shape index (κ1) is 23.0. The van der Waals surface area contributed by atoms with Gasteiger partial charge in [-0.1, -0.05) is 24.3 Å². The average Bonchev–Trinajstić information content (AvgIpc) is 3.10. The molecule has 3 aromatic rings. The normalized spacial score (nSPS) is 15.1. The monoisotopic (exact) mass is 527 g/mol. The minimum absolute atomic E-state index is 0.0528. The van der Waals surface area contributed by atoms with Crippen LogP contribution in [0.3, 0.4) is 0 Å². The first-order chi connectivity index (χ1) is 15.4. The highest BCUT2D eigenvalue weighted by molar-refractivity contribution is 9.10. The average molecular weight is 528 g/mol. The van der Waals surface area contributed by atoms with Gasteiger partial charge in [0.2, 0.25) is 0 Å². The van der Waals surface area contributed by atoms with Crippen molar-refractivity contribution >= 4 is 33.4 Å². The topological polar surface area (TPSA) is 45.6 Å². The lowest BCUT2D eigenvalue weighted by Gasteiger charge is -2.22. The van der Waals surface area contributed by atoms with Gasteiger partial charge in [-0.3, -0.25) is 9.78 Å². The number of fused-ring (bicyclic) bond motifs is 1. The molecule has 1 aliphatic rings. The van der Waals surface area contributed by atoms with Crippen LogP contribution >= 0.6 is 15.9 Å². The molecule has 11 heteroatoms. The molecule has 0 spiro atoms. The molecule has 0 unspecified atom stereocenters. The van der Waals surface area contributed by atoms with Crippen molar-refractivity contribution in [1.29, 1.82) is 0 Å². The quantitative estimate of drug-likeness (QED) is 0.358. The number of halogens is 7. The van der Waals surface area contributed by atoms with Crippen molar-refractivity contribution in [2.45, 2.75) is 18.9 Å². The number of alkyl halides is 6. The number of hydrogen-bond donors (Lipinski definition) is 0. The highest BCUT2D eigenvalue weighted by Crippen LogP contribution is 2.40. The highest BCUT2D eigenvalue weighted by Gasteiger charge is 2.38. The second-order valence-corrected chi connectivity index (χ2v) is 8.06. The third-order valence-electron chi connectivity index (χ3n) is 4.89. The van der Waals surface area contributed by atoms with Gasteiger partial charge in [-0.25, -0.2) is 0 Å². The smallest absolute Gasteiger partial charge is 0.321 e. The van der Waals surface area contributed by atoms with Crippen molar-refractivity contribution < 1.29 is 31.1 Å². The van der Waals surface area contributed by atoms with Crippen LogP contribution in [0.4, 0.5) is 32.0 Å². The molecule has 4 rings (SSSR count). The van der Waals surface area contributed by atoms with E-state index in [9.17, 15) is 31.1 Å². The summed E-state index contributed by atoms with van der Waals surface area (Å²) in [5.41, 5.74) is -2.16. The Labute approximate surface area is 191 Å². The molecule has 1 aliphatic heterocycles. The first-order valence-corrected chi connectivity index (χ1v) is 10.1. The number of benzene rings is 2. The van der Waals surface area contributed by atoms with E-state index in [1.54, 1.807) is 24.3 Å². The van der Waals surface area contributed by atoms with Crippen LogP contribution in [-0.4, -0.2) is 16.7 Å².